The Hall–Kier alpha value is -1.52. The van der Waals surface area contributed by atoms with Crippen LogP contribution in [0.25, 0.3) is 0 Å². The molecule has 1 aromatic carbocycles. The number of rotatable bonds is 7. The Morgan fingerprint density at radius 1 is 1.15 bits per heavy atom. The number of carbonyl (C=O) groups excluding carboxylic acids is 1. The molecule has 0 N–H and O–H groups in total. The quantitative estimate of drug-likeness (QED) is 0.709. The fourth-order valence-corrected chi connectivity index (χ4v) is 2.55. The van der Waals surface area contributed by atoms with Gasteiger partial charge < -0.3 is 9.47 Å². The molecule has 0 amide bonds. The molecule has 1 aromatic heterocycles. The van der Waals surface area contributed by atoms with Gasteiger partial charge in [0.2, 0.25) is 5.78 Å². The Kier molecular flexibility index (Phi) is 5.44. The van der Waals surface area contributed by atoms with Crippen LogP contribution in [0.4, 0.5) is 0 Å². The Bertz CT molecular complexity index is 580. The highest BCUT2D eigenvalue weighted by atomic mass is 35.5. The van der Waals surface area contributed by atoms with E-state index >= 15 is 0 Å². The minimum absolute atomic E-state index is 0.0245. The van der Waals surface area contributed by atoms with Crippen molar-refractivity contribution in [3.63, 3.8) is 0 Å². The minimum atomic E-state index is -0.0906. The monoisotopic (exact) mass is 310 g/mol. The third-order valence-corrected chi connectivity index (χ3v) is 3.79. The standard InChI is InChI=1S/C15H15ClO3S/c1-2-9-18-12-5-3-4-6-13(12)19-10-11(17)14-7-8-15(16)20-14/h3-8H,2,9-10H2,1H3. The molecular weight excluding hydrogens is 296 g/mol. The third-order valence-electron chi connectivity index (χ3n) is 2.52. The van der Waals surface area contributed by atoms with Gasteiger partial charge in [-0.25, -0.2) is 0 Å². The summed E-state index contributed by atoms with van der Waals surface area (Å²) in [5.41, 5.74) is 0. The topological polar surface area (TPSA) is 35.5 Å². The zero-order valence-corrected chi connectivity index (χ0v) is 12.7. The summed E-state index contributed by atoms with van der Waals surface area (Å²) in [7, 11) is 0. The summed E-state index contributed by atoms with van der Waals surface area (Å²) in [5.74, 6) is 1.15. The van der Waals surface area contributed by atoms with Crippen LogP contribution in [0.1, 0.15) is 23.0 Å². The smallest absolute Gasteiger partial charge is 0.210 e. The van der Waals surface area contributed by atoms with Crippen molar-refractivity contribution in [2.75, 3.05) is 13.2 Å². The van der Waals surface area contributed by atoms with Crippen LogP contribution in [0.3, 0.4) is 0 Å². The van der Waals surface area contributed by atoms with Gasteiger partial charge in [0.25, 0.3) is 0 Å². The van der Waals surface area contributed by atoms with E-state index in [0.29, 0.717) is 27.3 Å². The summed E-state index contributed by atoms with van der Waals surface area (Å²) in [6.07, 6.45) is 0.918. The van der Waals surface area contributed by atoms with Crippen LogP contribution in [0, 0.1) is 0 Å². The molecule has 0 radical (unpaired) electrons. The molecule has 0 saturated heterocycles. The first-order chi connectivity index (χ1) is 9.70. The first-order valence-corrected chi connectivity index (χ1v) is 7.53. The van der Waals surface area contributed by atoms with Crippen molar-refractivity contribution in [1.82, 2.24) is 0 Å². The fourth-order valence-electron chi connectivity index (χ4n) is 1.58. The van der Waals surface area contributed by atoms with Gasteiger partial charge in [0.15, 0.2) is 18.1 Å². The third kappa shape index (κ3) is 3.99. The molecule has 0 fully saturated rings. The van der Waals surface area contributed by atoms with Crippen molar-refractivity contribution in [1.29, 1.82) is 0 Å². The summed E-state index contributed by atoms with van der Waals surface area (Å²) in [6, 6.07) is 10.8. The van der Waals surface area contributed by atoms with Crippen molar-refractivity contribution in [2.24, 2.45) is 0 Å². The maximum atomic E-state index is 11.9. The molecule has 2 rings (SSSR count). The molecule has 0 aliphatic carbocycles. The van der Waals surface area contributed by atoms with Crippen LogP contribution >= 0.6 is 22.9 Å². The molecule has 5 heteroatoms. The number of halogens is 1. The van der Waals surface area contributed by atoms with Crippen LogP contribution in [0.5, 0.6) is 11.5 Å². The van der Waals surface area contributed by atoms with Gasteiger partial charge in [0.1, 0.15) is 0 Å². The van der Waals surface area contributed by atoms with E-state index in [1.165, 1.54) is 11.3 Å². The molecule has 2 aromatic rings. The average molecular weight is 311 g/mol. The fraction of sp³-hybridized carbons (Fsp3) is 0.267. The van der Waals surface area contributed by atoms with Gasteiger partial charge in [-0.05, 0) is 30.7 Å². The van der Waals surface area contributed by atoms with Crippen LogP contribution in [0.2, 0.25) is 4.34 Å². The predicted molar refractivity (Wildman–Crippen MR) is 81.4 cm³/mol. The lowest BCUT2D eigenvalue weighted by atomic mass is 10.3. The first-order valence-electron chi connectivity index (χ1n) is 6.34. The predicted octanol–water partition coefficient (Wildman–Crippen LogP) is 4.45. The highest BCUT2D eigenvalue weighted by molar-refractivity contribution is 7.18. The van der Waals surface area contributed by atoms with E-state index in [0.717, 1.165) is 6.42 Å². The molecule has 0 unspecified atom stereocenters. The molecule has 0 aliphatic heterocycles. The lowest BCUT2D eigenvalue weighted by Crippen LogP contribution is -2.11. The molecule has 1 heterocycles. The second-order valence-electron chi connectivity index (χ2n) is 4.11. The number of hydrogen-bond donors (Lipinski definition) is 0. The number of Topliss-reactive ketones (excluding diaryl/α,β-unsaturated/α-hetero) is 1. The zero-order valence-electron chi connectivity index (χ0n) is 11.1. The number of thiophene rings is 1. The van der Waals surface area contributed by atoms with Gasteiger partial charge in [0.05, 0.1) is 15.8 Å². The molecule has 3 nitrogen and oxygen atoms in total. The van der Waals surface area contributed by atoms with Crippen molar-refractivity contribution in [3.05, 3.63) is 45.6 Å². The maximum Gasteiger partial charge on any atom is 0.210 e. The van der Waals surface area contributed by atoms with Crippen molar-refractivity contribution in [2.45, 2.75) is 13.3 Å². The lowest BCUT2D eigenvalue weighted by Gasteiger charge is -2.11. The zero-order chi connectivity index (χ0) is 14.4. The Morgan fingerprint density at radius 2 is 1.85 bits per heavy atom. The van der Waals surface area contributed by atoms with E-state index in [1.54, 1.807) is 18.2 Å². The molecular formula is C15H15ClO3S. The molecule has 20 heavy (non-hydrogen) atoms. The summed E-state index contributed by atoms with van der Waals surface area (Å²) in [5, 5.41) is 0. The molecule has 0 spiro atoms. The Morgan fingerprint density at radius 3 is 2.45 bits per heavy atom. The van der Waals surface area contributed by atoms with Gasteiger partial charge in [-0.1, -0.05) is 30.7 Å². The van der Waals surface area contributed by atoms with E-state index in [1.807, 2.05) is 25.1 Å². The molecule has 0 aliphatic rings. The van der Waals surface area contributed by atoms with Gasteiger partial charge in [0, 0.05) is 0 Å². The van der Waals surface area contributed by atoms with Gasteiger partial charge in [-0.15, -0.1) is 11.3 Å². The van der Waals surface area contributed by atoms with Gasteiger partial charge in [-0.3, -0.25) is 4.79 Å². The molecule has 106 valence electrons. The number of hydrogen-bond acceptors (Lipinski definition) is 4. The second kappa shape index (κ2) is 7.31. The highest BCUT2D eigenvalue weighted by Crippen LogP contribution is 2.27. The lowest BCUT2D eigenvalue weighted by molar-refractivity contribution is 0.0923. The van der Waals surface area contributed by atoms with Crippen molar-refractivity contribution >= 4 is 28.7 Å². The number of benzene rings is 1. The number of para-hydroxylation sites is 2. The van der Waals surface area contributed by atoms with Crippen molar-refractivity contribution < 1.29 is 14.3 Å². The molecule has 0 saturated carbocycles. The Balaban J connectivity index is 1.98. The van der Waals surface area contributed by atoms with E-state index in [9.17, 15) is 4.79 Å². The van der Waals surface area contributed by atoms with Crippen LogP contribution in [0.15, 0.2) is 36.4 Å². The average Bonchev–Trinajstić information content (AvgIpc) is 2.90. The Labute approximate surface area is 127 Å². The molecule has 0 bridgehead atoms. The largest absolute Gasteiger partial charge is 0.490 e. The second-order valence-corrected chi connectivity index (χ2v) is 5.83. The SMILES string of the molecule is CCCOc1ccccc1OCC(=O)c1ccc(Cl)s1. The van der Waals surface area contributed by atoms with Gasteiger partial charge in [-0.2, -0.15) is 0 Å². The normalized spacial score (nSPS) is 10.3. The van der Waals surface area contributed by atoms with E-state index in [4.69, 9.17) is 21.1 Å². The highest BCUT2D eigenvalue weighted by Gasteiger charge is 2.11. The van der Waals surface area contributed by atoms with E-state index in [-0.39, 0.29) is 12.4 Å². The number of carbonyl (C=O) groups is 1. The summed E-state index contributed by atoms with van der Waals surface area (Å²) in [4.78, 5) is 12.5. The summed E-state index contributed by atoms with van der Waals surface area (Å²) >= 11 is 7.06. The maximum absolute atomic E-state index is 11.9. The first kappa shape index (κ1) is 14.9. The minimum Gasteiger partial charge on any atom is -0.490 e. The van der Waals surface area contributed by atoms with Crippen LogP contribution < -0.4 is 9.47 Å². The number of ether oxygens (including phenoxy) is 2. The van der Waals surface area contributed by atoms with E-state index < -0.39 is 0 Å². The molecule has 0 atom stereocenters. The van der Waals surface area contributed by atoms with Crippen molar-refractivity contribution in [3.8, 4) is 11.5 Å². The van der Waals surface area contributed by atoms with Gasteiger partial charge >= 0.3 is 0 Å². The van der Waals surface area contributed by atoms with Crippen LogP contribution in [-0.2, 0) is 0 Å². The summed E-state index contributed by atoms with van der Waals surface area (Å²) in [6.45, 7) is 2.63. The van der Waals surface area contributed by atoms with Crippen LogP contribution in [-0.4, -0.2) is 19.0 Å². The number of ketones is 1. The van der Waals surface area contributed by atoms with E-state index in [2.05, 4.69) is 0 Å². The summed E-state index contributed by atoms with van der Waals surface area (Å²) < 4.78 is 11.7.